The van der Waals surface area contributed by atoms with Crippen LogP contribution in [0, 0.1) is 18.3 Å². The highest BCUT2D eigenvalue weighted by molar-refractivity contribution is 5.95. The number of carbonyl (C=O) groups excluding carboxylic acids is 1. The molecule has 2 rings (SSSR count). The third-order valence-corrected chi connectivity index (χ3v) is 3.74. The largest absolute Gasteiger partial charge is 0.508 e. The van der Waals surface area contributed by atoms with Gasteiger partial charge >= 0.3 is 5.97 Å². The van der Waals surface area contributed by atoms with E-state index in [9.17, 15) is 25.1 Å². The molecule has 0 bridgehead atoms. The molecule has 10 heteroatoms. The molecular weight excluding hydrogens is 356 g/mol. The summed E-state index contributed by atoms with van der Waals surface area (Å²) in [5.41, 5.74) is -1.14. The van der Waals surface area contributed by atoms with Crippen LogP contribution in [0.15, 0.2) is 33.2 Å². The minimum Gasteiger partial charge on any atom is -0.508 e. The molecule has 1 aromatic heterocycles. The molecule has 0 aliphatic rings. The van der Waals surface area contributed by atoms with Gasteiger partial charge in [-0.1, -0.05) is 0 Å². The Bertz CT molecular complexity index is 1020. The van der Waals surface area contributed by atoms with Crippen LogP contribution < -0.4 is 5.56 Å². The lowest BCUT2D eigenvalue weighted by Crippen LogP contribution is -2.23. The number of rotatable bonds is 5. The topological polar surface area (TPSA) is 157 Å². The lowest BCUT2D eigenvalue weighted by Gasteiger charge is -2.11. The van der Waals surface area contributed by atoms with Gasteiger partial charge in [0, 0.05) is 5.56 Å². The van der Waals surface area contributed by atoms with Crippen LogP contribution in [0.2, 0.25) is 0 Å². The van der Waals surface area contributed by atoms with Gasteiger partial charge in [0.05, 0.1) is 25.8 Å². The molecule has 0 aliphatic carbocycles. The molecule has 1 aromatic carbocycles. The molecule has 0 fully saturated rings. The van der Waals surface area contributed by atoms with Gasteiger partial charge < -0.3 is 20.1 Å². The van der Waals surface area contributed by atoms with Gasteiger partial charge in [-0.15, -0.1) is 10.2 Å². The summed E-state index contributed by atoms with van der Waals surface area (Å²) in [6.45, 7) is 0.729. The van der Waals surface area contributed by atoms with E-state index in [2.05, 4.69) is 15.0 Å². The van der Waals surface area contributed by atoms with Crippen LogP contribution in [0.1, 0.15) is 21.5 Å². The Balaban J connectivity index is 2.65. The van der Waals surface area contributed by atoms with Crippen molar-refractivity contribution in [1.82, 2.24) is 4.57 Å². The maximum Gasteiger partial charge on any atom is 0.340 e. The number of nitriles is 1. The summed E-state index contributed by atoms with van der Waals surface area (Å²) in [7, 11) is 1.16. The van der Waals surface area contributed by atoms with Crippen LogP contribution in [0.25, 0.3) is 0 Å². The fourth-order valence-corrected chi connectivity index (χ4v) is 2.35. The lowest BCUT2D eigenvalue weighted by atomic mass is 10.1. The molecule has 0 radical (unpaired) electrons. The summed E-state index contributed by atoms with van der Waals surface area (Å²) >= 11 is 0. The molecule has 27 heavy (non-hydrogen) atoms. The Labute approximate surface area is 153 Å². The Morgan fingerprint density at radius 1 is 1.33 bits per heavy atom. The van der Waals surface area contributed by atoms with Crippen LogP contribution in [-0.2, 0) is 11.3 Å². The number of phenolic OH excluding ortho intramolecular Hbond substituents is 1. The van der Waals surface area contributed by atoms with E-state index < -0.39 is 24.0 Å². The second-order valence-electron chi connectivity index (χ2n) is 5.36. The summed E-state index contributed by atoms with van der Waals surface area (Å²) in [6.07, 6.45) is 0. The average Bonchev–Trinajstić information content (AvgIpc) is 2.65. The van der Waals surface area contributed by atoms with Crippen molar-refractivity contribution in [2.24, 2.45) is 10.2 Å². The second-order valence-corrected chi connectivity index (χ2v) is 5.36. The molecule has 0 atom stereocenters. The lowest BCUT2D eigenvalue weighted by molar-refractivity contribution is 0.0601. The highest BCUT2D eigenvalue weighted by Crippen LogP contribution is 2.29. The van der Waals surface area contributed by atoms with E-state index in [0.717, 1.165) is 17.7 Å². The summed E-state index contributed by atoms with van der Waals surface area (Å²) in [5, 5.41) is 45.6. The van der Waals surface area contributed by atoms with Crippen molar-refractivity contribution in [3.63, 3.8) is 0 Å². The van der Waals surface area contributed by atoms with Crippen molar-refractivity contribution < 1.29 is 24.9 Å². The molecule has 140 valence electrons. The number of methoxy groups -OCH3 is 1. The molecule has 10 nitrogen and oxygen atoms in total. The monoisotopic (exact) mass is 372 g/mol. The van der Waals surface area contributed by atoms with Gasteiger partial charge in [0.15, 0.2) is 5.69 Å². The van der Waals surface area contributed by atoms with Gasteiger partial charge in [-0.3, -0.25) is 9.36 Å². The molecule has 0 unspecified atom stereocenters. The number of phenols is 1. The van der Waals surface area contributed by atoms with E-state index in [4.69, 9.17) is 5.11 Å². The number of azo groups is 1. The number of ether oxygens (including phenoxy) is 1. The summed E-state index contributed by atoms with van der Waals surface area (Å²) in [6, 6.07) is 5.48. The predicted octanol–water partition coefficient (Wildman–Crippen LogP) is 1.63. The normalized spacial score (nSPS) is 10.7. The van der Waals surface area contributed by atoms with Crippen molar-refractivity contribution in [3.8, 4) is 17.7 Å². The number of esters is 1. The molecule has 3 N–H and O–H groups in total. The third kappa shape index (κ3) is 3.78. The average molecular weight is 372 g/mol. The van der Waals surface area contributed by atoms with E-state index in [1.165, 1.54) is 19.1 Å². The van der Waals surface area contributed by atoms with E-state index in [1.807, 2.05) is 0 Å². The van der Waals surface area contributed by atoms with E-state index >= 15 is 0 Å². The molecule has 0 aliphatic heterocycles. The Hall–Kier alpha value is -3.71. The van der Waals surface area contributed by atoms with Gasteiger partial charge in [-0.25, -0.2) is 4.79 Å². The number of carbonyl (C=O) groups is 1. The highest BCUT2D eigenvalue weighted by Gasteiger charge is 2.19. The Kier molecular flexibility index (Phi) is 5.89. The highest BCUT2D eigenvalue weighted by atomic mass is 16.5. The van der Waals surface area contributed by atoms with Crippen LogP contribution in [0.4, 0.5) is 11.4 Å². The van der Waals surface area contributed by atoms with Gasteiger partial charge in [0.2, 0.25) is 5.88 Å². The zero-order valence-corrected chi connectivity index (χ0v) is 14.5. The van der Waals surface area contributed by atoms with Crippen molar-refractivity contribution in [2.45, 2.75) is 13.5 Å². The molecule has 0 amide bonds. The quantitative estimate of drug-likeness (QED) is 0.531. The fourth-order valence-electron chi connectivity index (χ4n) is 2.35. The van der Waals surface area contributed by atoms with Gasteiger partial charge in [0.1, 0.15) is 23.1 Å². The number of aliphatic hydroxyl groups excluding tert-OH is 1. The van der Waals surface area contributed by atoms with Crippen molar-refractivity contribution in [3.05, 3.63) is 45.2 Å². The van der Waals surface area contributed by atoms with E-state index in [1.54, 1.807) is 6.07 Å². The van der Waals surface area contributed by atoms with Crippen molar-refractivity contribution >= 4 is 17.3 Å². The van der Waals surface area contributed by atoms with Crippen LogP contribution in [-0.4, -0.2) is 39.6 Å². The van der Waals surface area contributed by atoms with Gasteiger partial charge in [-0.05, 0) is 25.1 Å². The third-order valence-electron chi connectivity index (χ3n) is 3.74. The Morgan fingerprint density at radius 3 is 2.63 bits per heavy atom. The Morgan fingerprint density at radius 2 is 2.04 bits per heavy atom. The molecular formula is C17H16N4O6. The van der Waals surface area contributed by atoms with Crippen LogP contribution in [0.5, 0.6) is 11.6 Å². The van der Waals surface area contributed by atoms with Gasteiger partial charge in [-0.2, -0.15) is 5.26 Å². The van der Waals surface area contributed by atoms with Crippen LogP contribution >= 0.6 is 0 Å². The molecule has 2 aromatic rings. The van der Waals surface area contributed by atoms with E-state index in [0.29, 0.717) is 0 Å². The number of nitrogens with zero attached hydrogens (tertiary/aromatic N) is 4. The number of aliphatic hydroxyl groups is 1. The predicted molar refractivity (Wildman–Crippen MR) is 92.5 cm³/mol. The zero-order valence-electron chi connectivity index (χ0n) is 14.5. The summed E-state index contributed by atoms with van der Waals surface area (Å²) < 4.78 is 5.42. The van der Waals surface area contributed by atoms with E-state index in [-0.39, 0.29) is 40.4 Å². The smallest absolute Gasteiger partial charge is 0.340 e. The molecule has 0 spiro atoms. The second kappa shape index (κ2) is 8.11. The van der Waals surface area contributed by atoms with Crippen molar-refractivity contribution in [1.29, 1.82) is 5.26 Å². The van der Waals surface area contributed by atoms with Gasteiger partial charge in [0.25, 0.3) is 5.56 Å². The zero-order chi connectivity index (χ0) is 20.1. The SMILES string of the molecule is COC(=O)c1cc(O)ccc1N=Nc1c(C)c(C#N)c(O)n(CCO)c1=O. The molecule has 0 saturated carbocycles. The number of hydrogen-bond donors (Lipinski definition) is 3. The van der Waals surface area contributed by atoms with Crippen molar-refractivity contribution in [2.75, 3.05) is 13.7 Å². The number of pyridine rings is 1. The minimum absolute atomic E-state index is 0.0266. The summed E-state index contributed by atoms with van der Waals surface area (Å²) in [5.74, 6) is -1.53. The van der Waals surface area contributed by atoms with Crippen LogP contribution in [0.3, 0.4) is 0 Å². The number of hydrogen-bond acceptors (Lipinski definition) is 9. The molecule has 1 heterocycles. The first kappa shape index (κ1) is 19.6. The molecule has 0 saturated heterocycles. The maximum atomic E-state index is 12.5. The number of aromatic hydroxyl groups is 2. The minimum atomic E-state index is -0.766. The first-order valence-corrected chi connectivity index (χ1v) is 7.66. The number of benzene rings is 1. The standard InChI is InChI=1S/C17H16N4O6/c1-9-12(8-18)15(24)21(5-6-22)16(25)14(9)20-19-13-4-3-10(23)7-11(13)17(26)27-2/h3-4,7,22-24H,5-6H2,1-2H3. The first-order valence-electron chi connectivity index (χ1n) is 7.66. The summed E-state index contributed by atoms with van der Waals surface area (Å²) in [4.78, 5) is 24.3. The number of aromatic nitrogens is 1. The first-order chi connectivity index (χ1) is 12.8. The maximum absolute atomic E-state index is 12.5. The fraction of sp³-hybridized carbons (Fsp3) is 0.235.